The highest BCUT2D eigenvalue weighted by molar-refractivity contribution is 6.30. The quantitative estimate of drug-likeness (QED) is 0.715. The fourth-order valence-electron chi connectivity index (χ4n) is 1.39. The van der Waals surface area contributed by atoms with E-state index in [4.69, 9.17) is 11.6 Å². The Bertz CT molecular complexity index is 403. The lowest BCUT2D eigenvalue weighted by Gasteiger charge is -2.03. The summed E-state index contributed by atoms with van der Waals surface area (Å²) in [5, 5.41) is 0.437. The van der Waals surface area contributed by atoms with E-state index in [0.29, 0.717) is 11.6 Å². The first-order valence-corrected chi connectivity index (χ1v) is 4.67. The number of halogens is 2. The topological polar surface area (TPSA) is 4.93 Å². The highest BCUT2D eigenvalue weighted by atomic mass is 35.5. The zero-order valence-electron chi connectivity index (χ0n) is 7.45. The predicted molar refractivity (Wildman–Crippen MR) is 54.9 cm³/mol. The van der Waals surface area contributed by atoms with E-state index in [9.17, 15) is 4.39 Å². The van der Waals surface area contributed by atoms with Crippen LogP contribution in [0.1, 0.15) is 5.56 Å². The van der Waals surface area contributed by atoms with Crippen molar-refractivity contribution < 1.29 is 4.39 Å². The number of rotatable bonds is 2. The van der Waals surface area contributed by atoms with Gasteiger partial charge in [0.2, 0.25) is 0 Å². The van der Waals surface area contributed by atoms with Crippen LogP contribution >= 0.6 is 11.6 Å². The number of aromatic nitrogens is 1. The van der Waals surface area contributed by atoms with Gasteiger partial charge in [-0.1, -0.05) is 11.6 Å². The summed E-state index contributed by atoms with van der Waals surface area (Å²) in [6, 6.07) is 8.43. The van der Waals surface area contributed by atoms with Crippen molar-refractivity contribution in [1.82, 2.24) is 4.57 Å². The van der Waals surface area contributed by atoms with Crippen LogP contribution in [0.3, 0.4) is 0 Å². The van der Waals surface area contributed by atoms with Gasteiger partial charge in [-0.2, -0.15) is 0 Å². The van der Waals surface area contributed by atoms with Crippen molar-refractivity contribution in [2.75, 3.05) is 0 Å². The minimum absolute atomic E-state index is 0.292. The molecular weight excluding hydrogens is 201 g/mol. The van der Waals surface area contributed by atoms with Gasteiger partial charge in [0.1, 0.15) is 5.82 Å². The Morgan fingerprint density at radius 2 is 1.86 bits per heavy atom. The predicted octanol–water partition coefficient (Wildman–Crippen LogP) is 3.33. The largest absolute Gasteiger partial charge is 0.350 e. The summed E-state index contributed by atoms with van der Waals surface area (Å²) < 4.78 is 14.9. The van der Waals surface area contributed by atoms with Crippen LogP contribution in [0.25, 0.3) is 0 Å². The Balaban J connectivity index is 2.25. The van der Waals surface area contributed by atoms with E-state index in [-0.39, 0.29) is 5.82 Å². The van der Waals surface area contributed by atoms with Crippen molar-refractivity contribution >= 4 is 11.6 Å². The molecule has 0 amide bonds. The fraction of sp³-hybridized carbons (Fsp3) is 0.0909. The van der Waals surface area contributed by atoms with E-state index in [1.807, 2.05) is 29.1 Å². The molecule has 0 spiro atoms. The lowest BCUT2D eigenvalue weighted by molar-refractivity contribution is 0.623. The monoisotopic (exact) mass is 209 g/mol. The summed E-state index contributed by atoms with van der Waals surface area (Å²) in [4.78, 5) is 0. The lowest BCUT2D eigenvalue weighted by atomic mass is 10.2. The summed E-state index contributed by atoms with van der Waals surface area (Å²) in [5.74, 6) is -0.292. The molecule has 1 heterocycles. The molecule has 3 heteroatoms. The molecule has 0 fully saturated rings. The van der Waals surface area contributed by atoms with Crippen molar-refractivity contribution in [3.05, 3.63) is 59.1 Å². The number of nitrogens with zero attached hydrogens (tertiary/aromatic N) is 1. The third-order valence-electron chi connectivity index (χ3n) is 1.95. The van der Waals surface area contributed by atoms with Crippen LogP contribution in [-0.4, -0.2) is 4.57 Å². The molecule has 1 aromatic heterocycles. The van der Waals surface area contributed by atoms with Crippen LogP contribution in [0.5, 0.6) is 0 Å². The van der Waals surface area contributed by atoms with Crippen LogP contribution in [-0.2, 0) is 6.54 Å². The summed E-state index contributed by atoms with van der Waals surface area (Å²) in [6.45, 7) is 0.643. The zero-order chi connectivity index (χ0) is 9.97. The Morgan fingerprint density at radius 1 is 1.14 bits per heavy atom. The first-order valence-electron chi connectivity index (χ1n) is 4.30. The molecule has 0 aliphatic heterocycles. The van der Waals surface area contributed by atoms with Crippen molar-refractivity contribution in [2.24, 2.45) is 0 Å². The standard InChI is InChI=1S/C11H9ClFN/c12-10-5-9(6-11(13)7-10)8-14-3-1-2-4-14/h1-7H,8H2. The highest BCUT2D eigenvalue weighted by Crippen LogP contribution is 2.15. The van der Waals surface area contributed by atoms with Gasteiger partial charge in [0.05, 0.1) is 0 Å². The molecule has 2 rings (SSSR count). The fourth-order valence-corrected chi connectivity index (χ4v) is 1.63. The van der Waals surface area contributed by atoms with Crippen LogP contribution < -0.4 is 0 Å². The van der Waals surface area contributed by atoms with Gasteiger partial charge in [-0.05, 0) is 35.9 Å². The maximum absolute atomic E-state index is 13.0. The van der Waals surface area contributed by atoms with Gasteiger partial charge in [0.25, 0.3) is 0 Å². The van der Waals surface area contributed by atoms with Crippen molar-refractivity contribution in [2.45, 2.75) is 6.54 Å². The molecule has 2 aromatic rings. The number of benzene rings is 1. The molecule has 0 saturated carbocycles. The van der Waals surface area contributed by atoms with Crippen LogP contribution in [0.2, 0.25) is 5.02 Å². The summed E-state index contributed by atoms with van der Waals surface area (Å²) in [7, 11) is 0. The van der Waals surface area contributed by atoms with Gasteiger partial charge in [-0.3, -0.25) is 0 Å². The average molecular weight is 210 g/mol. The van der Waals surface area contributed by atoms with Gasteiger partial charge in [-0.25, -0.2) is 4.39 Å². The van der Waals surface area contributed by atoms with Gasteiger partial charge in [0, 0.05) is 24.0 Å². The van der Waals surface area contributed by atoms with E-state index in [0.717, 1.165) is 5.56 Å². The second-order valence-corrected chi connectivity index (χ2v) is 3.57. The first-order chi connectivity index (χ1) is 6.74. The van der Waals surface area contributed by atoms with Crippen molar-refractivity contribution in [3.8, 4) is 0 Å². The maximum Gasteiger partial charge on any atom is 0.125 e. The van der Waals surface area contributed by atoms with E-state index >= 15 is 0 Å². The molecule has 0 radical (unpaired) electrons. The summed E-state index contributed by atoms with van der Waals surface area (Å²) in [6.07, 6.45) is 3.86. The third kappa shape index (κ3) is 2.15. The molecule has 1 nitrogen and oxygen atoms in total. The molecule has 14 heavy (non-hydrogen) atoms. The number of hydrogen-bond donors (Lipinski definition) is 0. The molecular formula is C11H9ClFN. The molecule has 72 valence electrons. The SMILES string of the molecule is Fc1cc(Cl)cc(Cn2cccc2)c1. The Labute approximate surface area is 86.7 Å². The molecule has 0 unspecified atom stereocenters. The van der Waals surface area contributed by atoms with E-state index in [1.165, 1.54) is 12.1 Å². The smallest absolute Gasteiger partial charge is 0.125 e. The molecule has 0 atom stereocenters. The van der Waals surface area contributed by atoms with Gasteiger partial charge >= 0.3 is 0 Å². The Kier molecular flexibility index (Phi) is 2.55. The van der Waals surface area contributed by atoms with Crippen molar-refractivity contribution in [3.63, 3.8) is 0 Å². The third-order valence-corrected chi connectivity index (χ3v) is 2.17. The minimum Gasteiger partial charge on any atom is -0.350 e. The molecule has 0 aliphatic carbocycles. The molecule has 0 saturated heterocycles. The van der Waals surface area contributed by atoms with E-state index < -0.39 is 0 Å². The minimum atomic E-state index is -0.292. The van der Waals surface area contributed by atoms with Crippen LogP contribution in [0.15, 0.2) is 42.7 Å². The van der Waals surface area contributed by atoms with Crippen LogP contribution in [0.4, 0.5) is 4.39 Å². The Morgan fingerprint density at radius 3 is 2.50 bits per heavy atom. The van der Waals surface area contributed by atoms with Gasteiger partial charge in [0.15, 0.2) is 0 Å². The molecule has 1 aromatic carbocycles. The second kappa shape index (κ2) is 3.84. The van der Waals surface area contributed by atoms with Gasteiger partial charge < -0.3 is 4.57 Å². The zero-order valence-corrected chi connectivity index (χ0v) is 8.21. The summed E-state index contributed by atoms with van der Waals surface area (Å²) in [5.41, 5.74) is 0.867. The average Bonchev–Trinajstić information content (AvgIpc) is 2.54. The summed E-state index contributed by atoms with van der Waals surface area (Å²) >= 11 is 5.74. The first kappa shape index (κ1) is 9.28. The normalized spacial score (nSPS) is 10.4. The highest BCUT2D eigenvalue weighted by Gasteiger charge is 1.99. The van der Waals surface area contributed by atoms with Crippen LogP contribution in [0, 0.1) is 5.82 Å². The molecule has 0 aliphatic rings. The molecule has 0 bridgehead atoms. The van der Waals surface area contributed by atoms with E-state index in [1.54, 1.807) is 6.07 Å². The number of hydrogen-bond acceptors (Lipinski definition) is 0. The maximum atomic E-state index is 13.0. The molecule has 0 N–H and O–H groups in total. The van der Waals surface area contributed by atoms with Gasteiger partial charge in [-0.15, -0.1) is 0 Å². The Hall–Kier alpha value is -1.28. The van der Waals surface area contributed by atoms with E-state index in [2.05, 4.69) is 0 Å². The van der Waals surface area contributed by atoms with Crippen molar-refractivity contribution in [1.29, 1.82) is 0 Å². The lowest BCUT2D eigenvalue weighted by Crippen LogP contribution is -1.96. The second-order valence-electron chi connectivity index (χ2n) is 3.13.